The van der Waals surface area contributed by atoms with E-state index in [-0.39, 0.29) is 0 Å². The van der Waals surface area contributed by atoms with Crippen molar-refractivity contribution < 1.29 is 34.0 Å². The van der Waals surface area contributed by atoms with Crippen LogP contribution in [0.4, 0.5) is 0 Å². The van der Waals surface area contributed by atoms with E-state index in [2.05, 4.69) is 27.7 Å². The van der Waals surface area contributed by atoms with Crippen molar-refractivity contribution in [3.05, 3.63) is 25.3 Å². The second kappa shape index (κ2) is 5.66. The standard InChI is InChI=1S/C9H10O7/c1-4-6(10)14-9(3,8(12)13)16-15-7(11)5-2/h4-5H,1-2H2,3H3,(H,12,13). The molecular formula is C9H10O7. The Balaban J connectivity index is 4.63. The van der Waals surface area contributed by atoms with Gasteiger partial charge in [0, 0.05) is 19.1 Å². The molecule has 7 heteroatoms. The van der Waals surface area contributed by atoms with Crippen molar-refractivity contribution in [3.63, 3.8) is 0 Å². The van der Waals surface area contributed by atoms with Crippen LogP contribution in [0.15, 0.2) is 25.3 Å². The molecule has 1 atom stereocenters. The Bertz CT molecular complexity index is 333. The number of rotatable bonds is 6. The van der Waals surface area contributed by atoms with E-state index in [4.69, 9.17) is 5.11 Å². The summed E-state index contributed by atoms with van der Waals surface area (Å²) in [7, 11) is 0. The van der Waals surface area contributed by atoms with Gasteiger partial charge in [0.1, 0.15) is 0 Å². The largest absolute Gasteiger partial charge is 0.476 e. The van der Waals surface area contributed by atoms with Crippen LogP contribution >= 0.6 is 0 Å². The first-order chi connectivity index (χ1) is 7.35. The highest BCUT2D eigenvalue weighted by atomic mass is 17.2. The number of carbonyl (C=O) groups is 3. The molecule has 0 aliphatic carbocycles. The zero-order chi connectivity index (χ0) is 12.8. The van der Waals surface area contributed by atoms with Crippen molar-refractivity contribution in [3.8, 4) is 0 Å². The fraction of sp³-hybridized carbons (Fsp3) is 0.222. The van der Waals surface area contributed by atoms with Crippen molar-refractivity contribution in [1.29, 1.82) is 0 Å². The van der Waals surface area contributed by atoms with E-state index < -0.39 is 23.7 Å². The second-order valence-corrected chi connectivity index (χ2v) is 2.57. The predicted molar refractivity (Wildman–Crippen MR) is 49.7 cm³/mol. The van der Waals surface area contributed by atoms with Gasteiger partial charge in [0.05, 0.1) is 0 Å². The van der Waals surface area contributed by atoms with Gasteiger partial charge in [-0.2, -0.15) is 0 Å². The number of ether oxygens (including phenoxy) is 1. The van der Waals surface area contributed by atoms with E-state index >= 15 is 0 Å². The maximum Gasteiger partial charge on any atom is 0.380 e. The lowest BCUT2D eigenvalue weighted by Crippen LogP contribution is -2.43. The molecule has 0 saturated heterocycles. The van der Waals surface area contributed by atoms with Gasteiger partial charge >= 0.3 is 23.7 Å². The van der Waals surface area contributed by atoms with E-state index in [0.717, 1.165) is 19.1 Å². The second-order valence-electron chi connectivity index (χ2n) is 2.57. The van der Waals surface area contributed by atoms with Crippen LogP contribution in [-0.2, 0) is 28.9 Å². The number of carboxylic acids is 1. The molecule has 0 spiro atoms. The quantitative estimate of drug-likeness (QED) is 0.228. The maximum absolute atomic E-state index is 10.8. The highest BCUT2D eigenvalue weighted by molar-refractivity contribution is 5.86. The van der Waals surface area contributed by atoms with Crippen LogP contribution in [0.3, 0.4) is 0 Å². The molecule has 0 radical (unpaired) electrons. The van der Waals surface area contributed by atoms with Gasteiger partial charge in [-0.05, 0) is 0 Å². The van der Waals surface area contributed by atoms with Gasteiger partial charge in [-0.15, -0.1) is 4.89 Å². The lowest BCUT2D eigenvalue weighted by molar-refractivity contribution is -0.373. The van der Waals surface area contributed by atoms with Crippen LogP contribution in [0, 0.1) is 0 Å². The Morgan fingerprint density at radius 3 is 2.06 bits per heavy atom. The van der Waals surface area contributed by atoms with E-state index in [0.29, 0.717) is 0 Å². The van der Waals surface area contributed by atoms with Crippen LogP contribution in [-0.4, -0.2) is 28.8 Å². The van der Waals surface area contributed by atoms with Crippen LogP contribution in [0.2, 0.25) is 0 Å². The van der Waals surface area contributed by atoms with Crippen molar-refractivity contribution in [2.75, 3.05) is 0 Å². The first-order valence-electron chi connectivity index (χ1n) is 3.96. The summed E-state index contributed by atoms with van der Waals surface area (Å²) < 4.78 is 4.35. The Hall–Kier alpha value is -2.15. The minimum Gasteiger partial charge on any atom is -0.476 e. The van der Waals surface area contributed by atoms with Crippen molar-refractivity contribution in [1.82, 2.24) is 0 Å². The van der Waals surface area contributed by atoms with Gasteiger partial charge in [0.25, 0.3) is 0 Å². The highest BCUT2D eigenvalue weighted by Crippen LogP contribution is 2.14. The zero-order valence-corrected chi connectivity index (χ0v) is 8.47. The Morgan fingerprint density at radius 2 is 1.69 bits per heavy atom. The molecule has 1 N–H and O–H groups in total. The summed E-state index contributed by atoms with van der Waals surface area (Å²) in [5.41, 5.74) is 0. The third-order valence-electron chi connectivity index (χ3n) is 1.30. The number of hydrogen-bond acceptors (Lipinski definition) is 6. The van der Waals surface area contributed by atoms with E-state index in [1.54, 1.807) is 0 Å². The highest BCUT2D eigenvalue weighted by Gasteiger charge is 2.41. The third kappa shape index (κ3) is 3.93. The van der Waals surface area contributed by atoms with Crippen molar-refractivity contribution in [2.24, 2.45) is 0 Å². The lowest BCUT2D eigenvalue weighted by Gasteiger charge is -2.21. The smallest absolute Gasteiger partial charge is 0.380 e. The molecule has 0 rings (SSSR count). The molecular weight excluding hydrogens is 220 g/mol. The summed E-state index contributed by atoms with van der Waals surface area (Å²) in [5.74, 6) is -6.16. The van der Waals surface area contributed by atoms with Gasteiger partial charge < -0.3 is 9.84 Å². The number of aliphatic carboxylic acids is 1. The summed E-state index contributed by atoms with van der Waals surface area (Å²) in [6.45, 7) is 7.01. The predicted octanol–water partition coefficient (Wildman–Crippen LogP) is 0.177. The fourth-order valence-corrected chi connectivity index (χ4v) is 0.485. The van der Waals surface area contributed by atoms with Crippen LogP contribution < -0.4 is 0 Å². The summed E-state index contributed by atoms with van der Waals surface area (Å²) in [5, 5.41) is 8.71. The van der Waals surface area contributed by atoms with Crippen LogP contribution in [0.1, 0.15) is 6.92 Å². The molecule has 0 aromatic carbocycles. The van der Waals surface area contributed by atoms with Crippen LogP contribution in [0.5, 0.6) is 0 Å². The number of esters is 1. The fourth-order valence-electron chi connectivity index (χ4n) is 0.485. The molecule has 0 amide bonds. The van der Waals surface area contributed by atoms with Gasteiger partial charge in [-0.1, -0.05) is 13.2 Å². The average Bonchev–Trinajstić information content (AvgIpc) is 2.25. The van der Waals surface area contributed by atoms with Crippen molar-refractivity contribution >= 4 is 17.9 Å². The van der Waals surface area contributed by atoms with Crippen LogP contribution in [0.25, 0.3) is 0 Å². The first kappa shape index (κ1) is 13.8. The minimum atomic E-state index is -2.44. The van der Waals surface area contributed by atoms with Gasteiger partial charge in [0.2, 0.25) is 0 Å². The monoisotopic (exact) mass is 230 g/mol. The normalized spacial score (nSPS) is 13.1. The Labute approximate surface area is 90.8 Å². The molecule has 0 aromatic rings. The SMILES string of the molecule is C=CC(=O)OOC(C)(OC(=O)C=C)C(=O)O. The molecule has 7 nitrogen and oxygen atoms in total. The van der Waals surface area contributed by atoms with Crippen molar-refractivity contribution in [2.45, 2.75) is 12.7 Å². The number of hydrogen-bond donors (Lipinski definition) is 1. The Kier molecular flexibility index (Phi) is 4.90. The summed E-state index contributed by atoms with van der Waals surface area (Å²) in [6.07, 6.45) is 1.48. The number of carbonyl (C=O) groups excluding carboxylic acids is 2. The summed E-state index contributed by atoms with van der Waals surface area (Å²) >= 11 is 0. The maximum atomic E-state index is 10.8. The van der Waals surface area contributed by atoms with Gasteiger partial charge in [-0.25, -0.2) is 14.4 Å². The molecule has 1 unspecified atom stereocenters. The molecule has 0 fully saturated rings. The molecule has 0 saturated carbocycles. The first-order valence-corrected chi connectivity index (χ1v) is 3.96. The lowest BCUT2D eigenvalue weighted by atomic mass is 10.3. The average molecular weight is 230 g/mol. The zero-order valence-electron chi connectivity index (χ0n) is 8.47. The summed E-state index contributed by atoms with van der Waals surface area (Å²) in [6, 6.07) is 0. The molecule has 0 aromatic heterocycles. The molecule has 0 heterocycles. The minimum absolute atomic E-state index is 0.736. The molecule has 0 bridgehead atoms. The van der Waals surface area contributed by atoms with Gasteiger partial charge in [0.15, 0.2) is 0 Å². The number of carboxylic acid groups (broad SMARTS) is 1. The van der Waals surface area contributed by atoms with E-state index in [1.165, 1.54) is 0 Å². The Morgan fingerprint density at radius 1 is 1.19 bits per heavy atom. The van der Waals surface area contributed by atoms with E-state index in [1.807, 2.05) is 0 Å². The third-order valence-corrected chi connectivity index (χ3v) is 1.30. The topological polar surface area (TPSA) is 99.1 Å². The molecule has 16 heavy (non-hydrogen) atoms. The molecule has 0 aliphatic heterocycles. The summed E-state index contributed by atoms with van der Waals surface area (Å²) in [4.78, 5) is 40.4. The molecule has 88 valence electrons. The molecule has 0 aliphatic rings. The van der Waals surface area contributed by atoms with Gasteiger partial charge in [-0.3, -0.25) is 4.89 Å². The van der Waals surface area contributed by atoms with E-state index in [9.17, 15) is 14.4 Å².